The molecule has 186 valence electrons. The molecule has 35 heavy (non-hydrogen) atoms. The van der Waals surface area contributed by atoms with Crippen molar-refractivity contribution in [2.24, 2.45) is 5.73 Å². The molecule has 2 amide bonds. The van der Waals surface area contributed by atoms with Crippen LogP contribution in [0.1, 0.15) is 39.9 Å². The van der Waals surface area contributed by atoms with Crippen LogP contribution in [0.15, 0.2) is 18.2 Å². The van der Waals surface area contributed by atoms with Crippen LogP contribution in [0.25, 0.3) is 11.0 Å². The predicted molar refractivity (Wildman–Crippen MR) is 133 cm³/mol. The fourth-order valence-electron chi connectivity index (χ4n) is 4.94. The first kappa shape index (κ1) is 23.3. The summed E-state index contributed by atoms with van der Waals surface area (Å²) in [5.74, 6) is -0.295. The number of benzene rings is 1. The Balaban J connectivity index is 1.50. The molecule has 0 atom stereocenters. The van der Waals surface area contributed by atoms with Crippen molar-refractivity contribution >= 4 is 34.5 Å². The molecule has 0 spiro atoms. The second-order valence-electron chi connectivity index (χ2n) is 9.05. The minimum Gasteiger partial charge on any atom is -0.379 e. The second-order valence-corrected chi connectivity index (χ2v) is 9.05. The number of nitrogens with two attached hydrogens (primary N) is 1. The number of hydrogen-bond donors (Lipinski definition) is 2. The highest BCUT2D eigenvalue weighted by atomic mass is 16.5. The van der Waals surface area contributed by atoms with Gasteiger partial charge >= 0.3 is 0 Å². The second kappa shape index (κ2) is 9.67. The minimum absolute atomic E-state index is 0.260. The average Bonchev–Trinajstić information content (AvgIpc) is 3.34. The number of morpholine rings is 1. The number of nitrogens with one attached hydrogen (secondary N) is 1. The quantitative estimate of drug-likeness (QED) is 0.525. The normalized spacial score (nSPS) is 16.5. The molecule has 0 unspecified atom stereocenters. The zero-order chi connectivity index (χ0) is 24.5. The summed E-state index contributed by atoms with van der Waals surface area (Å²) in [6.07, 6.45) is 0.879. The highest BCUT2D eigenvalue weighted by Crippen LogP contribution is 2.34. The summed E-state index contributed by atoms with van der Waals surface area (Å²) < 4.78 is 9.19. The molecular formula is C24H32N8O3. The van der Waals surface area contributed by atoms with Gasteiger partial charge in [-0.05, 0) is 38.5 Å². The number of aryl methyl sites for hydroxylation is 3. The van der Waals surface area contributed by atoms with Crippen LogP contribution >= 0.6 is 0 Å². The fraction of sp³-hybridized carbons (Fsp3) is 0.500. The maximum absolute atomic E-state index is 13.1. The van der Waals surface area contributed by atoms with E-state index in [0.29, 0.717) is 35.8 Å². The van der Waals surface area contributed by atoms with Crippen molar-refractivity contribution in [3.63, 3.8) is 0 Å². The number of anilines is 2. The van der Waals surface area contributed by atoms with E-state index in [9.17, 15) is 9.59 Å². The summed E-state index contributed by atoms with van der Waals surface area (Å²) in [6.45, 7) is 11.0. The van der Waals surface area contributed by atoms with Crippen molar-refractivity contribution < 1.29 is 14.3 Å². The fourth-order valence-corrected chi connectivity index (χ4v) is 4.94. The standard InChI is InChI=1S/C24H32N8O3/c1-3-32-20(13-16(2)28-32)23(34)27-24-26-18-14-17(22(25)33)15-19-21(18)31(24)6-4-5-30(19)8-7-29-9-11-35-12-10-29/h13-15H,3-12H2,1-2H3,(H2,25,33)(H,26,27,34). The summed E-state index contributed by atoms with van der Waals surface area (Å²) in [4.78, 5) is 34.7. The molecule has 2 aliphatic rings. The van der Waals surface area contributed by atoms with Crippen molar-refractivity contribution in [3.8, 4) is 0 Å². The Kier molecular flexibility index (Phi) is 6.44. The van der Waals surface area contributed by atoms with Gasteiger partial charge in [-0.15, -0.1) is 0 Å². The first-order chi connectivity index (χ1) is 16.9. The third kappa shape index (κ3) is 4.61. The van der Waals surface area contributed by atoms with E-state index in [1.165, 1.54) is 0 Å². The van der Waals surface area contributed by atoms with Crippen LogP contribution in [0.3, 0.4) is 0 Å². The predicted octanol–water partition coefficient (Wildman–Crippen LogP) is 1.45. The van der Waals surface area contributed by atoms with Crippen LogP contribution in [-0.4, -0.2) is 82.0 Å². The lowest BCUT2D eigenvalue weighted by Gasteiger charge is -2.31. The topological polar surface area (TPSA) is 124 Å². The van der Waals surface area contributed by atoms with Gasteiger partial charge < -0.3 is 19.9 Å². The van der Waals surface area contributed by atoms with Crippen molar-refractivity contribution in [1.29, 1.82) is 0 Å². The summed E-state index contributed by atoms with van der Waals surface area (Å²) in [6, 6.07) is 5.34. The third-order valence-corrected chi connectivity index (χ3v) is 6.71. The molecule has 4 heterocycles. The molecule has 5 rings (SSSR count). The number of amides is 2. The van der Waals surface area contributed by atoms with Crippen LogP contribution in [0.2, 0.25) is 0 Å². The lowest BCUT2D eigenvalue weighted by Crippen LogP contribution is -2.41. The number of carbonyl (C=O) groups excluding carboxylic acids is 2. The highest BCUT2D eigenvalue weighted by molar-refractivity contribution is 6.05. The van der Waals surface area contributed by atoms with Gasteiger partial charge in [0.1, 0.15) is 5.69 Å². The molecule has 3 N–H and O–H groups in total. The van der Waals surface area contributed by atoms with Gasteiger partial charge in [0.25, 0.3) is 5.91 Å². The van der Waals surface area contributed by atoms with Crippen LogP contribution in [0, 0.1) is 6.92 Å². The zero-order valence-electron chi connectivity index (χ0n) is 20.3. The third-order valence-electron chi connectivity index (χ3n) is 6.71. The van der Waals surface area contributed by atoms with Crippen LogP contribution in [0.5, 0.6) is 0 Å². The van der Waals surface area contributed by atoms with Gasteiger partial charge in [-0.1, -0.05) is 0 Å². The van der Waals surface area contributed by atoms with Crippen LogP contribution in [-0.2, 0) is 17.8 Å². The highest BCUT2D eigenvalue weighted by Gasteiger charge is 2.25. The molecule has 0 saturated carbocycles. The van der Waals surface area contributed by atoms with Gasteiger partial charge in [-0.25, -0.2) is 4.98 Å². The molecule has 2 aromatic heterocycles. The molecule has 0 aliphatic carbocycles. The van der Waals surface area contributed by atoms with Crippen molar-refractivity contribution in [3.05, 3.63) is 35.2 Å². The van der Waals surface area contributed by atoms with Crippen LogP contribution in [0.4, 0.5) is 11.6 Å². The van der Waals surface area contributed by atoms with E-state index < -0.39 is 5.91 Å². The van der Waals surface area contributed by atoms with Crippen LogP contribution < -0.4 is 16.0 Å². The van der Waals surface area contributed by atoms with E-state index in [0.717, 1.165) is 69.3 Å². The number of rotatable bonds is 7. The summed E-state index contributed by atoms with van der Waals surface area (Å²) in [5.41, 5.74) is 9.82. The number of ether oxygens (including phenoxy) is 1. The monoisotopic (exact) mass is 480 g/mol. The Morgan fingerprint density at radius 1 is 1.11 bits per heavy atom. The summed E-state index contributed by atoms with van der Waals surface area (Å²) in [5, 5.41) is 7.36. The molecule has 1 saturated heterocycles. The zero-order valence-corrected chi connectivity index (χ0v) is 20.3. The van der Waals surface area contributed by atoms with E-state index >= 15 is 0 Å². The number of hydrogen-bond acceptors (Lipinski definition) is 7. The molecule has 11 nitrogen and oxygen atoms in total. The molecule has 0 radical (unpaired) electrons. The van der Waals surface area contributed by atoms with Gasteiger partial charge in [0, 0.05) is 51.4 Å². The Labute approximate surface area is 203 Å². The molecule has 0 bridgehead atoms. The average molecular weight is 481 g/mol. The lowest BCUT2D eigenvalue weighted by molar-refractivity contribution is 0.0392. The van der Waals surface area contributed by atoms with E-state index in [4.69, 9.17) is 15.5 Å². The van der Waals surface area contributed by atoms with Crippen molar-refractivity contribution in [2.45, 2.75) is 33.4 Å². The number of imidazole rings is 1. The van der Waals surface area contributed by atoms with Gasteiger partial charge in [-0.2, -0.15) is 5.10 Å². The Morgan fingerprint density at radius 2 is 1.91 bits per heavy atom. The number of aromatic nitrogens is 4. The molecular weight excluding hydrogens is 448 g/mol. The lowest BCUT2D eigenvalue weighted by atomic mass is 10.1. The maximum atomic E-state index is 13.1. The Morgan fingerprint density at radius 3 is 2.66 bits per heavy atom. The number of carbonyl (C=O) groups is 2. The molecule has 11 heteroatoms. The van der Waals surface area contributed by atoms with Gasteiger partial charge in [0.2, 0.25) is 11.9 Å². The summed E-state index contributed by atoms with van der Waals surface area (Å²) >= 11 is 0. The number of primary amides is 1. The first-order valence-electron chi connectivity index (χ1n) is 12.2. The molecule has 3 aromatic rings. The van der Waals surface area contributed by atoms with E-state index in [1.54, 1.807) is 16.8 Å². The molecule has 1 fully saturated rings. The molecule has 1 aromatic carbocycles. The SMILES string of the molecule is CCn1nc(C)cc1C(=O)Nc1nc2cc(C(N)=O)cc3c2n1CCCN3CCN1CCOCC1. The van der Waals surface area contributed by atoms with Crippen molar-refractivity contribution in [1.82, 2.24) is 24.2 Å². The Hall–Kier alpha value is -3.44. The number of nitrogens with zero attached hydrogens (tertiary/aromatic N) is 6. The smallest absolute Gasteiger partial charge is 0.276 e. The Bertz CT molecular complexity index is 1260. The van der Waals surface area contributed by atoms with Gasteiger partial charge in [0.05, 0.1) is 35.6 Å². The van der Waals surface area contributed by atoms with Gasteiger partial charge in [-0.3, -0.25) is 24.5 Å². The minimum atomic E-state index is -0.497. The maximum Gasteiger partial charge on any atom is 0.276 e. The van der Waals surface area contributed by atoms with Crippen molar-refractivity contribution in [2.75, 3.05) is 56.2 Å². The first-order valence-corrected chi connectivity index (χ1v) is 12.2. The summed E-state index contributed by atoms with van der Waals surface area (Å²) in [7, 11) is 0. The van der Waals surface area contributed by atoms with E-state index in [1.807, 2.05) is 24.5 Å². The van der Waals surface area contributed by atoms with E-state index in [2.05, 4.69) is 20.2 Å². The van der Waals surface area contributed by atoms with E-state index in [-0.39, 0.29) is 5.91 Å². The van der Waals surface area contributed by atoms with Gasteiger partial charge in [0.15, 0.2) is 0 Å². The largest absolute Gasteiger partial charge is 0.379 e. The molecule has 2 aliphatic heterocycles.